The summed E-state index contributed by atoms with van der Waals surface area (Å²) in [6.07, 6.45) is 4.70. The molecule has 3 rings (SSSR count). The molecule has 1 aliphatic carbocycles. The zero-order valence-electron chi connectivity index (χ0n) is 13.1. The van der Waals surface area contributed by atoms with Crippen molar-refractivity contribution in [1.82, 2.24) is 10.2 Å². The van der Waals surface area contributed by atoms with Gasteiger partial charge in [0, 0.05) is 44.4 Å². The number of hydrogen-bond donors (Lipinski definition) is 4. The molecule has 0 radical (unpaired) electrons. The van der Waals surface area contributed by atoms with Crippen molar-refractivity contribution in [1.29, 1.82) is 0 Å². The summed E-state index contributed by atoms with van der Waals surface area (Å²) >= 11 is 0. The summed E-state index contributed by atoms with van der Waals surface area (Å²) < 4.78 is 0. The van der Waals surface area contributed by atoms with Crippen LogP contribution in [-0.2, 0) is 0 Å². The molecule has 1 saturated heterocycles. The summed E-state index contributed by atoms with van der Waals surface area (Å²) in [5.74, 6) is 0.370. The zero-order valence-corrected chi connectivity index (χ0v) is 14.7. The van der Waals surface area contributed by atoms with Gasteiger partial charge in [0.25, 0.3) is 0 Å². The molecular weight excluding hydrogens is 339 g/mol. The lowest BCUT2D eigenvalue weighted by Gasteiger charge is -2.39. The molecule has 0 bridgehead atoms. The number of piperazine rings is 1. The molecule has 5 nitrogen and oxygen atoms in total. The van der Waals surface area contributed by atoms with Gasteiger partial charge in [-0.25, -0.2) is 0 Å². The lowest BCUT2D eigenvalue weighted by molar-refractivity contribution is 0.121. The molecule has 7 heteroatoms. The molecule has 23 heavy (non-hydrogen) atoms. The first kappa shape index (κ1) is 20.2. The maximum absolute atomic E-state index is 10.3. The Balaban J connectivity index is 0.00000132. The SMILES string of the molecule is Cl.Cl.Oc1cc(O)c([C@@H](C2CCCC2)N2CCNCC2)c(O)c1. The highest BCUT2D eigenvalue weighted by Crippen LogP contribution is 2.46. The van der Waals surface area contributed by atoms with Crippen LogP contribution < -0.4 is 5.32 Å². The predicted octanol–water partition coefficient (Wildman–Crippen LogP) is 2.78. The quantitative estimate of drug-likeness (QED) is 0.663. The van der Waals surface area contributed by atoms with Crippen molar-refractivity contribution in [3.63, 3.8) is 0 Å². The van der Waals surface area contributed by atoms with E-state index in [4.69, 9.17) is 0 Å². The summed E-state index contributed by atoms with van der Waals surface area (Å²) in [5.41, 5.74) is 0.585. The minimum absolute atomic E-state index is 0. The molecule has 0 unspecified atom stereocenters. The second kappa shape index (κ2) is 8.83. The molecule has 132 valence electrons. The molecule has 1 heterocycles. The second-order valence-electron chi connectivity index (χ2n) is 6.17. The van der Waals surface area contributed by atoms with Gasteiger partial charge in [0.05, 0.1) is 5.56 Å². The first-order valence-corrected chi connectivity index (χ1v) is 7.86. The summed E-state index contributed by atoms with van der Waals surface area (Å²) in [7, 11) is 0. The number of halogens is 2. The van der Waals surface area contributed by atoms with Crippen LogP contribution in [0.2, 0.25) is 0 Å². The highest BCUT2D eigenvalue weighted by atomic mass is 35.5. The number of hydrogen-bond acceptors (Lipinski definition) is 5. The second-order valence-corrected chi connectivity index (χ2v) is 6.17. The molecule has 1 aromatic rings. The zero-order chi connectivity index (χ0) is 14.8. The summed E-state index contributed by atoms with van der Waals surface area (Å²) in [5, 5.41) is 33.4. The molecule has 1 aromatic carbocycles. The van der Waals surface area contributed by atoms with Gasteiger partial charge in [-0.2, -0.15) is 0 Å². The van der Waals surface area contributed by atoms with E-state index in [-0.39, 0.29) is 48.1 Å². The van der Waals surface area contributed by atoms with Crippen molar-refractivity contribution < 1.29 is 15.3 Å². The fourth-order valence-electron chi connectivity index (χ4n) is 3.86. The third kappa shape index (κ3) is 4.35. The highest BCUT2D eigenvalue weighted by Gasteiger charge is 2.35. The number of nitrogens with one attached hydrogen (secondary N) is 1. The van der Waals surface area contributed by atoms with Gasteiger partial charge < -0.3 is 20.6 Å². The Morgan fingerprint density at radius 3 is 2.00 bits per heavy atom. The van der Waals surface area contributed by atoms with Crippen molar-refractivity contribution in [2.45, 2.75) is 31.7 Å². The van der Waals surface area contributed by atoms with Crippen molar-refractivity contribution in [3.05, 3.63) is 17.7 Å². The standard InChI is InChI=1S/C16H24N2O3.2ClH/c19-12-9-13(20)15(14(21)10-12)16(11-3-1-2-4-11)18-7-5-17-6-8-18;;/h9-11,16-17,19-21H,1-8H2;2*1H/t16-;;/m1../s1. The molecule has 1 atom stereocenters. The maximum Gasteiger partial charge on any atom is 0.127 e. The minimum atomic E-state index is -0.0979. The van der Waals surface area contributed by atoms with Crippen LogP contribution in [0.15, 0.2) is 12.1 Å². The summed E-state index contributed by atoms with van der Waals surface area (Å²) in [6.45, 7) is 3.70. The van der Waals surface area contributed by atoms with Gasteiger partial charge in [-0.3, -0.25) is 4.90 Å². The maximum atomic E-state index is 10.3. The predicted molar refractivity (Wildman–Crippen MR) is 95.1 cm³/mol. The molecule has 0 amide bonds. The first-order valence-electron chi connectivity index (χ1n) is 7.86. The van der Waals surface area contributed by atoms with Crippen LogP contribution in [0.1, 0.15) is 37.3 Å². The van der Waals surface area contributed by atoms with Crippen LogP contribution in [0.3, 0.4) is 0 Å². The van der Waals surface area contributed by atoms with Crippen LogP contribution in [0.25, 0.3) is 0 Å². The fraction of sp³-hybridized carbons (Fsp3) is 0.625. The van der Waals surface area contributed by atoms with Crippen LogP contribution in [0.4, 0.5) is 0 Å². The van der Waals surface area contributed by atoms with Crippen LogP contribution in [-0.4, -0.2) is 46.4 Å². The third-order valence-corrected chi connectivity index (χ3v) is 4.81. The van der Waals surface area contributed by atoms with E-state index in [9.17, 15) is 15.3 Å². The number of aromatic hydroxyl groups is 3. The van der Waals surface area contributed by atoms with Crippen LogP contribution >= 0.6 is 24.8 Å². The Morgan fingerprint density at radius 1 is 0.957 bits per heavy atom. The van der Waals surface area contributed by atoms with Gasteiger partial charge >= 0.3 is 0 Å². The largest absolute Gasteiger partial charge is 0.508 e. The molecule has 1 aliphatic heterocycles. The Bertz CT molecular complexity index is 481. The molecule has 4 N–H and O–H groups in total. The molecule has 1 saturated carbocycles. The van der Waals surface area contributed by atoms with Gasteiger partial charge in [0.2, 0.25) is 0 Å². The third-order valence-electron chi connectivity index (χ3n) is 4.81. The van der Waals surface area contributed by atoms with E-state index in [0.29, 0.717) is 11.5 Å². The molecule has 2 fully saturated rings. The number of rotatable bonds is 3. The highest BCUT2D eigenvalue weighted by molar-refractivity contribution is 5.85. The Hall–Kier alpha value is -0.880. The van der Waals surface area contributed by atoms with E-state index in [1.54, 1.807) is 0 Å². The van der Waals surface area contributed by atoms with Crippen molar-refractivity contribution in [3.8, 4) is 17.2 Å². The van der Waals surface area contributed by atoms with Gasteiger partial charge in [-0.1, -0.05) is 12.8 Å². The van der Waals surface area contributed by atoms with Crippen molar-refractivity contribution in [2.75, 3.05) is 26.2 Å². The van der Waals surface area contributed by atoms with Gasteiger partial charge in [0.15, 0.2) is 0 Å². The molecule has 2 aliphatic rings. The van der Waals surface area contributed by atoms with Crippen LogP contribution in [0.5, 0.6) is 17.2 Å². The first-order chi connectivity index (χ1) is 10.2. The summed E-state index contributed by atoms with van der Waals surface area (Å²) in [4.78, 5) is 2.36. The molecule has 0 aromatic heterocycles. The Labute approximate surface area is 149 Å². The van der Waals surface area contributed by atoms with Crippen molar-refractivity contribution in [2.24, 2.45) is 5.92 Å². The van der Waals surface area contributed by atoms with E-state index >= 15 is 0 Å². The lowest BCUT2D eigenvalue weighted by atomic mass is 9.88. The lowest BCUT2D eigenvalue weighted by Crippen LogP contribution is -2.46. The Morgan fingerprint density at radius 2 is 1.48 bits per heavy atom. The number of nitrogens with zero attached hydrogens (tertiary/aromatic N) is 1. The van der Waals surface area contributed by atoms with E-state index in [1.165, 1.54) is 25.0 Å². The summed E-state index contributed by atoms with van der Waals surface area (Å²) in [6, 6.07) is 2.70. The average molecular weight is 365 g/mol. The van der Waals surface area contributed by atoms with Crippen LogP contribution in [0, 0.1) is 5.92 Å². The number of phenols is 3. The van der Waals surface area contributed by atoms with Gasteiger partial charge in [0.1, 0.15) is 17.2 Å². The van der Waals surface area contributed by atoms with Gasteiger partial charge in [-0.15, -0.1) is 24.8 Å². The average Bonchev–Trinajstić information content (AvgIpc) is 2.97. The smallest absolute Gasteiger partial charge is 0.127 e. The monoisotopic (exact) mass is 364 g/mol. The van der Waals surface area contributed by atoms with Gasteiger partial charge in [-0.05, 0) is 18.8 Å². The number of phenolic OH excluding ortho intramolecular Hbond substituents is 3. The molecule has 0 spiro atoms. The number of benzene rings is 1. The van der Waals surface area contributed by atoms with E-state index in [2.05, 4.69) is 10.2 Å². The minimum Gasteiger partial charge on any atom is -0.508 e. The fourth-order valence-corrected chi connectivity index (χ4v) is 3.86. The topological polar surface area (TPSA) is 76.0 Å². The van der Waals surface area contributed by atoms with E-state index in [1.807, 2.05) is 0 Å². The molecular formula is C16H26Cl2N2O3. The van der Waals surface area contributed by atoms with E-state index in [0.717, 1.165) is 39.0 Å². The Kier molecular flexibility index (Phi) is 7.74. The van der Waals surface area contributed by atoms with Crippen molar-refractivity contribution >= 4 is 24.8 Å². The van der Waals surface area contributed by atoms with E-state index < -0.39 is 0 Å². The normalized spacial score (nSPS) is 20.5.